The number of hydrogen-bond donors (Lipinski definition) is 1. The molecule has 1 amide bonds. The van der Waals surface area contributed by atoms with Crippen molar-refractivity contribution in [3.63, 3.8) is 0 Å². The fourth-order valence-corrected chi connectivity index (χ4v) is 3.73. The van der Waals surface area contributed by atoms with E-state index in [1.807, 2.05) is 0 Å². The maximum Gasteiger partial charge on any atom is 0.435 e. The SMILES string of the molecule is Cn1nc(C(F)(F)F)cc1C(=O)N[C@@H]1CCCCn2nc(-c3ccnc(C(F)(F)F)c3)cc21. The molecule has 33 heavy (non-hydrogen) atoms. The summed E-state index contributed by atoms with van der Waals surface area (Å²) in [6.45, 7) is 0.489. The highest BCUT2D eigenvalue weighted by molar-refractivity contribution is 5.93. The first-order valence-corrected chi connectivity index (χ1v) is 9.97. The lowest BCUT2D eigenvalue weighted by molar-refractivity contribution is -0.142. The Hall–Kier alpha value is -3.38. The van der Waals surface area contributed by atoms with E-state index >= 15 is 0 Å². The minimum Gasteiger partial charge on any atom is -0.342 e. The Labute approximate surface area is 183 Å². The molecule has 13 heteroatoms. The van der Waals surface area contributed by atoms with Crippen molar-refractivity contribution in [1.82, 2.24) is 29.9 Å². The molecule has 3 aromatic heterocycles. The van der Waals surface area contributed by atoms with E-state index in [2.05, 4.69) is 20.5 Å². The summed E-state index contributed by atoms with van der Waals surface area (Å²) in [7, 11) is 1.24. The van der Waals surface area contributed by atoms with Crippen LogP contribution in [0.1, 0.15) is 52.9 Å². The molecule has 0 saturated carbocycles. The molecule has 176 valence electrons. The van der Waals surface area contributed by atoms with Crippen LogP contribution >= 0.6 is 0 Å². The van der Waals surface area contributed by atoms with Crippen LogP contribution in [0.15, 0.2) is 30.5 Å². The Morgan fingerprint density at radius 1 is 1.03 bits per heavy atom. The van der Waals surface area contributed by atoms with Gasteiger partial charge in [0.15, 0.2) is 5.69 Å². The zero-order chi connectivity index (χ0) is 24.0. The average molecular weight is 472 g/mol. The average Bonchev–Trinajstić information content (AvgIpc) is 3.29. The molecule has 7 nitrogen and oxygen atoms in total. The fourth-order valence-electron chi connectivity index (χ4n) is 3.73. The highest BCUT2D eigenvalue weighted by atomic mass is 19.4. The van der Waals surface area contributed by atoms with Gasteiger partial charge in [-0.05, 0) is 37.5 Å². The maximum absolute atomic E-state index is 13.0. The first-order valence-electron chi connectivity index (χ1n) is 9.97. The number of aryl methyl sites for hydroxylation is 2. The summed E-state index contributed by atoms with van der Waals surface area (Å²) in [6.07, 6.45) is -6.33. The number of carbonyl (C=O) groups excluding carboxylic acids is 1. The molecule has 0 spiro atoms. The van der Waals surface area contributed by atoms with Gasteiger partial charge in [0.1, 0.15) is 11.4 Å². The molecule has 4 heterocycles. The smallest absolute Gasteiger partial charge is 0.342 e. The second kappa shape index (κ2) is 8.19. The van der Waals surface area contributed by atoms with Gasteiger partial charge in [-0.15, -0.1) is 0 Å². The topological polar surface area (TPSA) is 77.6 Å². The van der Waals surface area contributed by atoms with Crippen molar-refractivity contribution in [2.75, 3.05) is 0 Å². The summed E-state index contributed by atoms with van der Waals surface area (Å²) in [5.41, 5.74) is -1.45. The van der Waals surface area contributed by atoms with Gasteiger partial charge in [0.2, 0.25) is 0 Å². The number of carbonyl (C=O) groups is 1. The molecule has 0 aromatic carbocycles. The van der Waals surface area contributed by atoms with Crippen LogP contribution in [0.3, 0.4) is 0 Å². The number of alkyl halides is 6. The van der Waals surface area contributed by atoms with Crippen molar-refractivity contribution < 1.29 is 31.1 Å². The summed E-state index contributed by atoms with van der Waals surface area (Å²) in [4.78, 5) is 16.1. The third-order valence-corrected chi connectivity index (χ3v) is 5.34. The standard InChI is InChI=1S/C20H18F6N6O/c1-31-15(10-17(30-31)20(24,25)26)18(33)28-12-4-2-3-7-32-14(12)9-13(29-32)11-5-6-27-16(8-11)19(21,22)23/h5-6,8-10,12H,2-4,7H2,1H3,(H,28,33)/t12-/m1/s1. The zero-order valence-corrected chi connectivity index (χ0v) is 17.2. The zero-order valence-electron chi connectivity index (χ0n) is 17.2. The van der Waals surface area contributed by atoms with E-state index in [1.54, 1.807) is 10.7 Å². The summed E-state index contributed by atoms with van der Waals surface area (Å²) in [5.74, 6) is -0.745. The molecule has 1 N–H and O–H groups in total. The molecule has 0 saturated heterocycles. The van der Waals surface area contributed by atoms with Crippen LogP contribution in [-0.2, 0) is 25.9 Å². The molecule has 1 aliphatic rings. The second-order valence-corrected chi connectivity index (χ2v) is 7.66. The van der Waals surface area contributed by atoms with Crippen molar-refractivity contribution in [2.24, 2.45) is 7.05 Å². The number of hydrogen-bond acceptors (Lipinski definition) is 4. The van der Waals surface area contributed by atoms with E-state index in [0.29, 0.717) is 31.1 Å². The van der Waals surface area contributed by atoms with Gasteiger partial charge in [-0.3, -0.25) is 19.1 Å². The highest BCUT2D eigenvalue weighted by Crippen LogP contribution is 2.33. The van der Waals surface area contributed by atoms with Gasteiger partial charge in [-0.25, -0.2) is 0 Å². The number of nitrogens with one attached hydrogen (secondary N) is 1. The largest absolute Gasteiger partial charge is 0.435 e. The van der Waals surface area contributed by atoms with Gasteiger partial charge in [0, 0.05) is 31.4 Å². The van der Waals surface area contributed by atoms with E-state index in [9.17, 15) is 31.1 Å². The van der Waals surface area contributed by atoms with Crippen molar-refractivity contribution in [1.29, 1.82) is 0 Å². The quantitative estimate of drug-likeness (QED) is 0.575. The third kappa shape index (κ3) is 4.71. The molecule has 0 unspecified atom stereocenters. The van der Waals surface area contributed by atoms with Crippen LogP contribution in [0, 0.1) is 0 Å². The molecule has 1 aliphatic heterocycles. The number of rotatable bonds is 3. The predicted octanol–water partition coefficient (Wildman–Crippen LogP) is 4.37. The van der Waals surface area contributed by atoms with Gasteiger partial charge < -0.3 is 5.32 Å². The highest BCUT2D eigenvalue weighted by Gasteiger charge is 2.36. The van der Waals surface area contributed by atoms with Gasteiger partial charge in [0.05, 0.1) is 17.4 Å². The Balaban J connectivity index is 1.62. The molecular weight excluding hydrogens is 454 g/mol. The summed E-state index contributed by atoms with van der Waals surface area (Å²) < 4.78 is 80.3. The third-order valence-electron chi connectivity index (χ3n) is 5.34. The van der Waals surface area contributed by atoms with Crippen molar-refractivity contribution >= 4 is 5.91 Å². The Kier molecular flexibility index (Phi) is 5.66. The molecule has 3 aromatic rings. The predicted molar refractivity (Wildman–Crippen MR) is 103 cm³/mol. The van der Waals surface area contributed by atoms with Crippen LogP contribution in [-0.4, -0.2) is 30.5 Å². The van der Waals surface area contributed by atoms with Crippen molar-refractivity contribution in [3.8, 4) is 11.3 Å². The van der Waals surface area contributed by atoms with E-state index in [0.717, 1.165) is 23.4 Å². The van der Waals surface area contributed by atoms with Crippen LogP contribution < -0.4 is 5.32 Å². The molecule has 0 bridgehead atoms. The number of aromatic nitrogens is 5. The number of fused-ring (bicyclic) bond motifs is 1. The van der Waals surface area contributed by atoms with E-state index < -0.39 is 35.7 Å². The molecular formula is C20H18F6N6O. The molecule has 0 aliphatic carbocycles. The Morgan fingerprint density at radius 3 is 2.42 bits per heavy atom. The summed E-state index contributed by atoms with van der Waals surface area (Å²) in [5, 5.41) is 10.5. The number of halogens is 6. The van der Waals surface area contributed by atoms with Gasteiger partial charge in [0.25, 0.3) is 5.91 Å². The lowest BCUT2D eigenvalue weighted by atomic mass is 10.1. The second-order valence-electron chi connectivity index (χ2n) is 7.66. The summed E-state index contributed by atoms with van der Waals surface area (Å²) in [6, 6.07) is 3.96. The van der Waals surface area contributed by atoms with Crippen LogP contribution in [0.5, 0.6) is 0 Å². The number of pyridine rings is 1. The first kappa shape index (κ1) is 22.8. The van der Waals surface area contributed by atoms with Gasteiger partial charge in [-0.2, -0.15) is 36.5 Å². The van der Waals surface area contributed by atoms with Crippen LogP contribution in [0.4, 0.5) is 26.3 Å². The first-order chi connectivity index (χ1) is 15.4. The van der Waals surface area contributed by atoms with Crippen molar-refractivity contribution in [3.05, 3.63) is 53.2 Å². The van der Waals surface area contributed by atoms with Gasteiger partial charge in [-0.1, -0.05) is 0 Å². The molecule has 1 atom stereocenters. The Morgan fingerprint density at radius 2 is 1.76 bits per heavy atom. The van der Waals surface area contributed by atoms with Crippen LogP contribution in [0.2, 0.25) is 0 Å². The normalized spacial score (nSPS) is 16.9. The maximum atomic E-state index is 13.0. The minimum absolute atomic E-state index is 0.212. The molecule has 0 fully saturated rings. The lowest BCUT2D eigenvalue weighted by Crippen LogP contribution is -2.30. The molecule has 0 radical (unpaired) electrons. The fraction of sp³-hybridized carbons (Fsp3) is 0.400. The van der Waals surface area contributed by atoms with Gasteiger partial charge >= 0.3 is 12.4 Å². The monoisotopic (exact) mass is 472 g/mol. The van der Waals surface area contributed by atoms with Crippen molar-refractivity contribution in [2.45, 2.75) is 44.2 Å². The minimum atomic E-state index is -4.69. The number of nitrogens with zero attached hydrogens (tertiary/aromatic N) is 5. The summed E-state index contributed by atoms with van der Waals surface area (Å²) >= 11 is 0. The number of amides is 1. The Bertz CT molecular complexity index is 1180. The van der Waals surface area contributed by atoms with E-state index in [1.165, 1.54) is 13.1 Å². The lowest BCUT2D eigenvalue weighted by Gasteiger charge is -2.17. The van der Waals surface area contributed by atoms with E-state index in [4.69, 9.17) is 0 Å². The van der Waals surface area contributed by atoms with E-state index in [-0.39, 0.29) is 17.0 Å². The molecule has 4 rings (SSSR count). The van der Waals surface area contributed by atoms with Crippen LogP contribution in [0.25, 0.3) is 11.3 Å².